The molecule has 4 aromatic carbocycles. The number of hydrogen-bond donors (Lipinski definition) is 8. The van der Waals surface area contributed by atoms with Crippen LogP contribution in [0.2, 0.25) is 0 Å². The first-order valence-corrected chi connectivity index (χ1v) is 29.1. The molecule has 8 rings (SSSR count). The second-order valence-electron chi connectivity index (χ2n) is 24.9. The standard InChI is InChI=1S/C64H84N10O8.2ClH/c1-37(65-9)55(75)71-53(63(3,4)5)61(81)73-35-45(33-51(73)59(79)69-49-23-15-19-41-17-11-13-21-47(41)49)67-57(77)43-29-25-39(26-30-43)40-27-31-44(32-28-40)58(78)68-46-34-52(60(80)70-50-24-16-20-42-18-12-14-22-48(42)50)74(36-46)62(82)54(64(6,7)8)72-56(76)38(2)66-10;;/h11-14,17-18,21-22,25-32,37-38,45-46,49-54,65-66H,15-16,19-20,23-24,33-36H2,1-10H3,(H,67,77)(H,68,78)(H,69,79)(H,70,80)(H,71,75)(H,72,76);2*1H/t37-,38-,45-,46-,49+,50+,51-,52?,53-,54-;;/m0../s1. The summed E-state index contributed by atoms with van der Waals surface area (Å²) in [4.78, 5) is 115. The van der Waals surface area contributed by atoms with Gasteiger partial charge in [-0.2, -0.15) is 0 Å². The van der Waals surface area contributed by atoms with E-state index in [1.54, 1.807) is 52.2 Å². The van der Waals surface area contributed by atoms with E-state index >= 15 is 0 Å². The zero-order chi connectivity index (χ0) is 59.2. The fourth-order valence-corrected chi connectivity index (χ4v) is 11.8. The Hall–Kier alpha value is -6.86. The van der Waals surface area contributed by atoms with Crippen LogP contribution in [0.5, 0.6) is 0 Å². The summed E-state index contributed by atoms with van der Waals surface area (Å²) in [5.74, 6) is -2.90. The summed E-state index contributed by atoms with van der Waals surface area (Å²) in [6.07, 6.45) is 5.51. The van der Waals surface area contributed by atoms with Crippen LogP contribution in [0.15, 0.2) is 97.1 Å². The van der Waals surface area contributed by atoms with Crippen LogP contribution in [-0.2, 0) is 41.6 Å². The van der Waals surface area contributed by atoms with Crippen LogP contribution in [-0.4, -0.2) is 133 Å². The van der Waals surface area contributed by atoms with Gasteiger partial charge in [0.1, 0.15) is 24.2 Å². The van der Waals surface area contributed by atoms with Crippen molar-refractivity contribution >= 4 is 72.1 Å². The predicted molar refractivity (Wildman–Crippen MR) is 329 cm³/mol. The highest BCUT2D eigenvalue weighted by atomic mass is 35.5. The van der Waals surface area contributed by atoms with Gasteiger partial charge >= 0.3 is 0 Å². The summed E-state index contributed by atoms with van der Waals surface area (Å²) in [6, 6.07) is 23.7. The Bertz CT molecular complexity index is 2820. The number of benzene rings is 4. The van der Waals surface area contributed by atoms with E-state index < -0.39 is 71.0 Å². The van der Waals surface area contributed by atoms with Crippen molar-refractivity contribution in [1.29, 1.82) is 0 Å². The monoisotopic (exact) mass is 1190 g/mol. The van der Waals surface area contributed by atoms with Crippen molar-refractivity contribution < 1.29 is 38.4 Å². The Kier molecular flexibility index (Phi) is 22.4. The van der Waals surface area contributed by atoms with E-state index in [1.807, 2.05) is 102 Å². The molecule has 454 valence electrons. The van der Waals surface area contributed by atoms with Gasteiger partial charge in [-0.15, -0.1) is 24.8 Å². The van der Waals surface area contributed by atoms with Gasteiger partial charge < -0.3 is 52.3 Å². The SMILES string of the molecule is CN[C@@H](C)C(=O)N[C@@H](C(=O)N1C[C@@H](NC(=O)c2ccc(-c3ccc(C(=O)N[C@H]4C[C@@H](C(=O)N[C@@H]5CCCc6ccccc65)N(C(=O)[C@H](NC(=O)[C@H](C)NC)C(C)(C)C)C4)cc3)cc2)CC1C(=O)N[C@@H]1CCCc2ccccc21)C(C)(C)C.Cl.Cl. The van der Waals surface area contributed by atoms with Gasteiger partial charge in [0.25, 0.3) is 11.8 Å². The molecule has 8 N–H and O–H groups in total. The maximum atomic E-state index is 14.6. The zero-order valence-corrected chi connectivity index (χ0v) is 51.7. The summed E-state index contributed by atoms with van der Waals surface area (Å²) < 4.78 is 0. The number of rotatable bonds is 17. The summed E-state index contributed by atoms with van der Waals surface area (Å²) in [6.45, 7) is 14.7. The number of likely N-dealkylation sites (N-methyl/N-ethyl adjacent to an activating group) is 2. The minimum atomic E-state index is -0.956. The van der Waals surface area contributed by atoms with Crippen LogP contribution in [0, 0.1) is 10.8 Å². The van der Waals surface area contributed by atoms with Gasteiger partial charge in [0.05, 0.1) is 24.2 Å². The number of nitrogens with zero attached hydrogens (tertiary/aromatic N) is 2. The molecular formula is C64H86Cl2N10O8. The van der Waals surface area contributed by atoms with Gasteiger partial charge in [-0.1, -0.05) is 114 Å². The first-order valence-electron chi connectivity index (χ1n) is 29.1. The summed E-state index contributed by atoms with van der Waals surface area (Å²) >= 11 is 0. The Morgan fingerprint density at radius 3 is 1.17 bits per heavy atom. The number of halogens is 2. The van der Waals surface area contributed by atoms with Gasteiger partial charge in [0.2, 0.25) is 35.4 Å². The van der Waals surface area contributed by atoms with Crippen LogP contribution in [0.4, 0.5) is 0 Å². The highest BCUT2D eigenvalue weighted by Crippen LogP contribution is 2.34. The lowest BCUT2D eigenvalue weighted by molar-refractivity contribution is -0.144. The average Bonchev–Trinajstić information content (AvgIpc) is 4.19. The van der Waals surface area contributed by atoms with E-state index in [0.717, 1.165) is 60.8 Å². The van der Waals surface area contributed by atoms with Crippen LogP contribution in [0.3, 0.4) is 0 Å². The second kappa shape index (κ2) is 28.4. The number of hydrogen-bond acceptors (Lipinski definition) is 10. The predicted octanol–water partition coefficient (Wildman–Crippen LogP) is 6.26. The number of amides is 8. The highest BCUT2D eigenvalue weighted by Gasteiger charge is 2.48. The highest BCUT2D eigenvalue weighted by molar-refractivity contribution is 5.98. The molecule has 2 heterocycles. The van der Waals surface area contributed by atoms with Crippen LogP contribution < -0.4 is 42.5 Å². The van der Waals surface area contributed by atoms with Gasteiger partial charge in [-0.05, 0) is 148 Å². The molecule has 0 radical (unpaired) electrons. The summed E-state index contributed by atoms with van der Waals surface area (Å²) in [5, 5.41) is 24.4. The molecule has 2 fully saturated rings. The molecule has 84 heavy (non-hydrogen) atoms. The molecule has 8 amide bonds. The van der Waals surface area contributed by atoms with Gasteiger partial charge in [-0.3, -0.25) is 38.4 Å². The van der Waals surface area contributed by atoms with Crippen molar-refractivity contribution in [2.75, 3.05) is 27.2 Å². The molecule has 0 saturated carbocycles. The minimum Gasteiger partial charge on any atom is -0.347 e. The van der Waals surface area contributed by atoms with E-state index in [4.69, 9.17) is 0 Å². The third-order valence-electron chi connectivity index (χ3n) is 16.9. The number of likely N-dealkylation sites (tertiary alicyclic amines) is 2. The molecule has 4 aromatic rings. The summed E-state index contributed by atoms with van der Waals surface area (Å²) in [5.41, 5.74) is 5.37. The van der Waals surface area contributed by atoms with Crippen LogP contribution in [0.1, 0.15) is 149 Å². The first kappa shape index (κ1) is 66.3. The molecule has 10 atom stereocenters. The van der Waals surface area contributed by atoms with Crippen molar-refractivity contribution in [3.05, 3.63) is 130 Å². The van der Waals surface area contributed by atoms with Crippen LogP contribution in [0.25, 0.3) is 11.1 Å². The lowest BCUT2D eigenvalue weighted by Crippen LogP contribution is -2.59. The number of aryl methyl sites for hydroxylation is 2. The maximum Gasteiger partial charge on any atom is 0.251 e. The summed E-state index contributed by atoms with van der Waals surface area (Å²) in [7, 11) is 3.33. The van der Waals surface area contributed by atoms with Crippen LogP contribution >= 0.6 is 24.8 Å². The molecule has 18 nitrogen and oxygen atoms in total. The first-order chi connectivity index (χ1) is 38.9. The molecule has 0 bridgehead atoms. The van der Waals surface area contributed by atoms with Gasteiger partial charge in [-0.25, -0.2) is 0 Å². The molecule has 0 spiro atoms. The second-order valence-corrected chi connectivity index (χ2v) is 24.9. The van der Waals surface area contributed by atoms with E-state index in [1.165, 1.54) is 20.9 Å². The Labute approximate surface area is 507 Å². The Morgan fingerprint density at radius 1 is 0.488 bits per heavy atom. The Balaban J connectivity index is 0.00000566. The zero-order valence-electron chi connectivity index (χ0n) is 50.1. The molecule has 0 aromatic heterocycles. The third kappa shape index (κ3) is 15.5. The molecule has 1 unspecified atom stereocenters. The lowest BCUT2D eigenvalue weighted by atomic mass is 9.85. The third-order valence-corrected chi connectivity index (χ3v) is 16.9. The quantitative estimate of drug-likeness (QED) is 0.0591. The fourth-order valence-electron chi connectivity index (χ4n) is 11.8. The normalized spacial score (nSPS) is 21.5. The number of nitrogens with one attached hydrogen (secondary N) is 8. The molecule has 2 saturated heterocycles. The molecule has 4 aliphatic rings. The smallest absolute Gasteiger partial charge is 0.251 e. The van der Waals surface area contributed by atoms with Gasteiger partial charge in [0.15, 0.2) is 0 Å². The Morgan fingerprint density at radius 2 is 0.833 bits per heavy atom. The number of carbonyl (C=O) groups is 8. The van der Waals surface area contributed by atoms with Crippen molar-refractivity contribution in [2.45, 2.75) is 167 Å². The fraction of sp³-hybridized carbons (Fsp3) is 0.500. The van der Waals surface area contributed by atoms with Crippen molar-refractivity contribution in [3.8, 4) is 11.1 Å². The van der Waals surface area contributed by atoms with E-state index in [-0.39, 0.29) is 98.3 Å². The number of carbonyl (C=O) groups excluding carboxylic acids is 8. The molecule has 20 heteroatoms. The largest absolute Gasteiger partial charge is 0.347 e. The van der Waals surface area contributed by atoms with E-state index in [2.05, 4.69) is 54.7 Å². The molecular weight excluding hydrogens is 1110 g/mol. The van der Waals surface area contributed by atoms with Gasteiger partial charge in [0, 0.05) is 36.3 Å². The molecule has 2 aliphatic heterocycles. The lowest BCUT2D eigenvalue weighted by Gasteiger charge is -2.36. The maximum absolute atomic E-state index is 14.6. The number of fused-ring (bicyclic) bond motifs is 2. The van der Waals surface area contributed by atoms with Crippen molar-refractivity contribution in [1.82, 2.24) is 52.3 Å². The average molecular weight is 1190 g/mol. The topological polar surface area (TPSA) is 239 Å². The van der Waals surface area contributed by atoms with Crippen molar-refractivity contribution in [3.63, 3.8) is 0 Å². The van der Waals surface area contributed by atoms with E-state index in [0.29, 0.717) is 11.1 Å². The minimum absolute atomic E-state index is 0. The van der Waals surface area contributed by atoms with E-state index in [9.17, 15) is 38.4 Å². The van der Waals surface area contributed by atoms with Crippen molar-refractivity contribution in [2.24, 2.45) is 10.8 Å². The molecule has 2 aliphatic carbocycles.